The average molecular weight is 576 g/mol. The number of fused-ring (bicyclic) bond motifs is 5. The molecule has 0 aromatic rings. The van der Waals surface area contributed by atoms with Crippen molar-refractivity contribution in [1.82, 2.24) is 0 Å². The molecule has 2 unspecified atom stereocenters. The van der Waals surface area contributed by atoms with E-state index in [1.165, 1.54) is 0 Å². The van der Waals surface area contributed by atoms with Gasteiger partial charge in [0.05, 0.1) is 15.6 Å². The normalized spacial score (nSPS) is 45.6. The second-order valence-electron chi connectivity index (χ2n) is 11.6. The van der Waals surface area contributed by atoms with Gasteiger partial charge in [-0.2, -0.15) is 0 Å². The van der Waals surface area contributed by atoms with Crippen molar-refractivity contribution in [3.8, 4) is 0 Å². The van der Waals surface area contributed by atoms with E-state index in [0.29, 0.717) is 25.7 Å². The van der Waals surface area contributed by atoms with E-state index >= 15 is 0 Å². The van der Waals surface area contributed by atoms with Gasteiger partial charge >= 0.3 is 5.97 Å². The first-order valence-corrected chi connectivity index (χ1v) is 14.7. The minimum atomic E-state index is -1.21. The minimum absolute atomic E-state index is 0.0764. The number of Topliss-reactive ketones (excluding diaryl/α,β-unsaturated/α-hetero) is 1. The van der Waals surface area contributed by atoms with Crippen LogP contribution >= 0.6 is 39.1 Å². The summed E-state index contributed by atoms with van der Waals surface area (Å²) in [6, 6.07) is 0. The minimum Gasteiger partial charge on any atom is -0.450 e. The molecule has 0 heterocycles. The van der Waals surface area contributed by atoms with Gasteiger partial charge in [-0.1, -0.05) is 55.6 Å². The molecule has 34 heavy (non-hydrogen) atoms. The van der Waals surface area contributed by atoms with Gasteiger partial charge in [-0.25, -0.2) is 0 Å². The lowest BCUT2D eigenvalue weighted by molar-refractivity contribution is -0.192. The Bertz CT molecular complexity index is 920. The third kappa shape index (κ3) is 3.45. The number of carbonyl (C=O) groups is 3. The van der Waals surface area contributed by atoms with Crippen LogP contribution in [0, 0.1) is 28.6 Å². The van der Waals surface area contributed by atoms with Crippen LogP contribution < -0.4 is 0 Å². The zero-order chi connectivity index (χ0) is 25.1. The Kier molecular flexibility index (Phi) is 7.19. The summed E-state index contributed by atoms with van der Waals surface area (Å²) in [5.74, 6) is -0.149. The van der Waals surface area contributed by atoms with E-state index < -0.39 is 21.3 Å². The molecule has 0 aromatic carbocycles. The van der Waals surface area contributed by atoms with Crippen molar-refractivity contribution in [2.24, 2.45) is 28.6 Å². The highest BCUT2D eigenvalue weighted by molar-refractivity contribution is 9.09. The molecule has 190 valence electrons. The van der Waals surface area contributed by atoms with Crippen LogP contribution in [0.4, 0.5) is 0 Å². The van der Waals surface area contributed by atoms with Gasteiger partial charge in [0.25, 0.3) is 0 Å². The summed E-state index contributed by atoms with van der Waals surface area (Å²) >= 11 is 18.3. The summed E-state index contributed by atoms with van der Waals surface area (Å²) in [6.07, 6.45) is 7.87. The van der Waals surface area contributed by atoms with E-state index in [-0.39, 0.29) is 46.0 Å². The van der Waals surface area contributed by atoms with Crippen molar-refractivity contribution in [2.75, 3.05) is 5.33 Å². The zero-order valence-electron chi connectivity index (χ0n) is 20.7. The zero-order valence-corrected chi connectivity index (χ0v) is 23.8. The van der Waals surface area contributed by atoms with Crippen molar-refractivity contribution < 1.29 is 19.1 Å². The SMILES string of the molecule is CCCCC(=O)O[C@]1(C(=O)CBr)C(C)C[C@H]2[C@@H]3CCC4=CC(=O)CC[C@]4(C)[C@@]3(Cl)C(Cl)C[C@@]21C. The van der Waals surface area contributed by atoms with E-state index in [2.05, 4.69) is 29.8 Å². The maximum atomic E-state index is 13.6. The number of alkyl halides is 3. The summed E-state index contributed by atoms with van der Waals surface area (Å²) < 4.78 is 6.27. The third-order valence-electron chi connectivity index (χ3n) is 10.1. The standard InChI is InChI=1S/C27H37BrCl2O4/c1-5-6-7-23(33)34-27(22(32)15-28)16(2)12-20-19-9-8-17-13-18(31)10-11-24(17,3)26(19,30)21(29)14-25(20,27)4/h13,16,19-21H,5-12,14-15H2,1-4H3/t16?,19-,20-,21?,24-,25-,26-,27-/m0/s1. The molecule has 4 nitrogen and oxygen atoms in total. The van der Waals surface area contributed by atoms with Crippen LogP contribution in [0.25, 0.3) is 0 Å². The van der Waals surface area contributed by atoms with Crippen LogP contribution in [0.5, 0.6) is 0 Å². The lowest BCUT2D eigenvalue weighted by atomic mass is 9.45. The Morgan fingerprint density at radius 1 is 1.24 bits per heavy atom. The molecule has 0 radical (unpaired) electrons. The van der Waals surface area contributed by atoms with E-state index in [1.54, 1.807) is 0 Å². The quantitative estimate of drug-likeness (QED) is 0.259. The molecule has 4 aliphatic rings. The molecule has 0 aromatic heterocycles. The lowest BCUT2D eigenvalue weighted by Gasteiger charge is -2.65. The predicted octanol–water partition coefficient (Wildman–Crippen LogP) is 6.78. The Balaban J connectivity index is 1.79. The van der Waals surface area contributed by atoms with Gasteiger partial charge in [0, 0.05) is 29.6 Å². The van der Waals surface area contributed by atoms with Crippen LogP contribution in [0.15, 0.2) is 11.6 Å². The highest BCUT2D eigenvalue weighted by Gasteiger charge is 2.76. The number of esters is 1. The molecule has 0 saturated heterocycles. The highest BCUT2D eigenvalue weighted by atomic mass is 79.9. The smallest absolute Gasteiger partial charge is 0.306 e. The molecule has 4 aliphatic carbocycles. The molecule has 0 aliphatic heterocycles. The van der Waals surface area contributed by atoms with Gasteiger partial charge in [-0.15, -0.1) is 23.2 Å². The van der Waals surface area contributed by atoms with Gasteiger partial charge < -0.3 is 4.74 Å². The van der Waals surface area contributed by atoms with Gasteiger partial charge in [0.1, 0.15) is 0 Å². The maximum absolute atomic E-state index is 13.6. The molecule has 0 spiro atoms. The number of halogens is 3. The Morgan fingerprint density at radius 2 is 1.94 bits per heavy atom. The van der Waals surface area contributed by atoms with Gasteiger partial charge in [-0.05, 0) is 56.4 Å². The maximum Gasteiger partial charge on any atom is 0.306 e. The molecule has 4 rings (SSSR count). The van der Waals surface area contributed by atoms with Crippen LogP contribution in [0.2, 0.25) is 0 Å². The van der Waals surface area contributed by atoms with Crippen molar-refractivity contribution >= 4 is 56.7 Å². The van der Waals surface area contributed by atoms with E-state index in [0.717, 1.165) is 37.7 Å². The molecule has 3 saturated carbocycles. The predicted molar refractivity (Wildman–Crippen MR) is 139 cm³/mol. The fourth-order valence-electron chi connectivity index (χ4n) is 8.34. The van der Waals surface area contributed by atoms with Crippen LogP contribution in [0.3, 0.4) is 0 Å². The van der Waals surface area contributed by atoms with E-state index in [1.807, 2.05) is 19.9 Å². The second-order valence-corrected chi connectivity index (χ2v) is 13.3. The van der Waals surface area contributed by atoms with Gasteiger partial charge in [0.2, 0.25) is 0 Å². The molecule has 0 amide bonds. The Hall–Kier alpha value is -0.390. The van der Waals surface area contributed by atoms with Gasteiger partial charge in [-0.3, -0.25) is 14.4 Å². The number of unbranched alkanes of at least 4 members (excludes halogenated alkanes) is 1. The molecule has 8 atom stereocenters. The fraction of sp³-hybridized carbons (Fsp3) is 0.815. The topological polar surface area (TPSA) is 60.4 Å². The number of ether oxygens (including phenoxy) is 1. The number of hydrogen-bond donors (Lipinski definition) is 0. The molecule has 7 heteroatoms. The first-order chi connectivity index (χ1) is 15.9. The van der Waals surface area contributed by atoms with Crippen molar-refractivity contribution in [3.05, 3.63) is 11.6 Å². The molecular weight excluding hydrogens is 539 g/mol. The van der Waals surface area contributed by atoms with Crippen molar-refractivity contribution in [1.29, 1.82) is 0 Å². The Morgan fingerprint density at radius 3 is 2.59 bits per heavy atom. The van der Waals surface area contributed by atoms with Crippen LogP contribution in [0.1, 0.15) is 85.5 Å². The summed E-state index contributed by atoms with van der Waals surface area (Å²) in [5, 5.41) is -0.277. The summed E-state index contributed by atoms with van der Waals surface area (Å²) in [7, 11) is 0. The summed E-state index contributed by atoms with van der Waals surface area (Å²) in [5.41, 5.74) is -1.04. The molecular formula is C27H37BrCl2O4. The number of rotatable bonds is 6. The monoisotopic (exact) mass is 574 g/mol. The number of hydrogen-bond acceptors (Lipinski definition) is 4. The largest absolute Gasteiger partial charge is 0.450 e. The van der Waals surface area contributed by atoms with Crippen LogP contribution in [-0.2, 0) is 19.1 Å². The molecule has 3 fully saturated rings. The number of carbonyl (C=O) groups excluding carboxylic acids is 3. The lowest BCUT2D eigenvalue weighted by Crippen LogP contribution is -2.68. The fourth-order valence-corrected chi connectivity index (χ4v) is 10.0. The first kappa shape index (κ1) is 26.7. The van der Waals surface area contributed by atoms with E-state index in [9.17, 15) is 14.4 Å². The molecule has 0 bridgehead atoms. The summed E-state index contributed by atoms with van der Waals surface area (Å²) in [6.45, 7) is 8.37. The third-order valence-corrected chi connectivity index (χ3v) is 12.2. The number of allylic oxidation sites excluding steroid dienone is 1. The Labute approximate surface area is 222 Å². The summed E-state index contributed by atoms with van der Waals surface area (Å²) in [4.78, 5) is 38.1. The van der Waals surface area contributed by atoms with Crippen molar-refractivity contribution in [3.63, 3.8) is 0 Å². The molecule has 0 N–H and O–H groups in total. The highest BCUT2D eigenvalue weighted by Crippen LogP contribution is 2.73. The number of ketones is 2. The van der Waals surface area contributed by atoms with Crippen LogP contribution in [-0.4, -0.2) is 38.7 Å². The van der Waals surface area contributed by atoms with E-state index in [4.69, 9.17) is 27.9 Å². The first-order valence-electron chi connectivity index (χ1n) is 12.8. The van der Waals surface area contributed by atoms with Crippen molar-refractivity contribution in [2.45, 2.75) is 101 Å². The van der Waals surface area contributed by atoms with Gasteiger partial charge in [0.15, 0.2) is 17.2 Å². The average Bonchev–Trinajstić information content (AvgIpc) is 3.00. The second kappa shape index (κ2) is 9.17.